The number of carbonyl (C=O) groups excluding carboxylic acids is 4. The molecular formula is C24H14N4O7S. The number of cyclic esters (lactones) is 1. The molecule has 0 saturated heterocycles. The normalized spacial score (nSPS) is 15.1. The predicted molar refractivity (Wildman–Crippen MR) is 127 cm³/mol. The minimum Gasteiger partial charge on any atom is -0.453 e. The Morgan fingerprint density at radius 3 is 2.58 bits per heavy atom. The summed E-state index contributed by atoms with van der Waals surface area (Å²) in [6, 6.07) is 13.1. The van der Waals surface area contributed by atoms with E-state index in [1.54, 1.807) is 18.2 Å². The Labute approximate surface area is 205 Å². The molecule has 2 aromatic carbocycles. The molecular weight excluding hydrogens is 488 g/mol. The average Bonchev–Trinajstić information content (AvgIpc) is 3.44. The van der Waals surface area contributed by atoms with Crippen molar-refractivity contribution < 1.29 is 28.8 Å². The molecule has 36 heavy (non-hydrogen) atoms. The van der Waals surface area contributed by atoms with Gasteiger partial charge in [-0.2, -0.15) is 0 Å². The zero-order chi connectivity index (χ0) is 25.4. The van der Waals surface area contributed by atoms with Gasteiger partial charge < -0.3 is 4.74 Å². The lowest BCUT2D eigenvalue weighted by atomic mass is 9.85. The van der Waals surface area contributed by atoms with Gasteiger partial charge in [0.15, 0.2) is 10.9 Å². The molecule has 1 N–H and O–H groups in total. The third-order valence-corrected chi connectivity index (χ3v) is 6.51. The number of nitrogens with one attached hydrogen (secondary N) is 1. The smallest absolute Gasteiger partial charge is 0.339 e. The van der Waals surface area contributed by atoms with E-state index in [0.29, 0.717) is 15.8 Å². The number of carbonyl (C=O) groups is 4. The molecule has 12 heteroatoms. The first-order valence-corrected chi connectivity index (χ1v) is 11.3. The Morgan fingerprint density at radius 1 is 1.08 bits per heavy atom. The molecule has 0 saturated carbocycles. The quantitative estimate of drug-likeness (QED) is 0.0996. The van der Waals surface area contributed by atoms with E-state index in [9.17, 15) is 29.3 Å². The summed E-state index contributed by atoms with van der Waals surface area (Å²) in [5.74, 6) is -5.35. The van der Waals surface area contributed by atoms with Crippen molar-refractivity contribution in [2.75, 3.05) is 5.32 Å². The number of ether oxygens (including phenoxy) is 1. The van der Waals surface area contributed by atoms with Crippen molar-refractivity contribution in [1.29, 1.82) is 0 Å². The molecule has 1 aliphatic heterocycles. The van der Waals surface area contributed by atoms with Crippen LogP contribution in [0.5, 0.6) is 0 Å². The van der Waals surface area contributed by atoms with E-state index in [4.69, 9.17) is 4.74 Å². The van der Waals surface area contributed by atoms with Crippen LogP contribution < -0.4 is 5.32 Å². The predicted octanol–water partition coefficient (Wildman–Crippen LogP) is 3.52. The summed E-state index contributed by atoms with van der Waals surface area (Å²) in [5, 5.41) is 13.4. The SMILES string of the molecule is O=C(Nc1nc2ccc([N+](=O)[O-])cc2s1)C(=O)[C@H](C(=O)c1ccncc1)[C@@H]1OC(=O)c2ccccc21. The van der Waals surface area contributed by atoms with Crippen LogP contribution in [0.3, 0.4) is 0 Å². The summed E-state index contributed by atoms with van der Waals surface area (Å²) in [6.07, 6.45) is 1.43. The Morgan fingerprint density at radius 2 is 1.83 bits per heavy atom. The maximum Gasteiger partial charge on any atom is 0.339 e. The third-order valence-electron chi connectivity index (χ3n) is 5.58. The number of Topliss-reactive ketones (excluding diaryl/α,β-unsaturated/α-hetero) is 2. The fourth-order valence-electron chi connectivity index (χ4n) is 3.89. The monoisotopic (exact) mass is 502 g/mol. The van der Waals surface area contributed by atoms with Gasteiger partial charge in [-0.15, -0.1) is 0 Å². The van der Waals surface area contributed by atoms with Gasteiger partial charge in [0.1, 0.15) is 12.0 Å². The fourth-order valence-corrected chi connectivity index (χ4v) is 4.78. The van der Waals surface area contributed by atoms with Crippen LogP contribution in [0.1, 0.15) is 32.4 Å². The fraction of sp³-hybridized carbons (Fsp3) is 0.0833. The van der Waals surface area contributed by atoms with Crippen LogP contribution in [0.15, 0.2) is 67.0 Å². The lowest BCUT2D eigenvalue weighted by molar-refractivity contribution is -0.384. The van der Waals surface area contributed by atoms with E-state index in [1.165, 1.54) is 48.8 Å². The van der Waals surface area contributed by atoms with Crippen molar-refractivity contribution in [2.24, 2.45) is 5.92 Å². The average molecular weight is 502 g/mol. The first-order chi connectivity index (χ1) is 17.3. The van der Waals surface area contributed by atoms with E-state index >= 15 is 0 Å². The van der Waals surface area contributed by atoms with Crippen LogP contribution in [0.25, 0.3) is 10.2 Å². The lowest BCUT2D eigenvalue weighted by Crippen LogP contribution is -2.38. The molecule has 2 atom stereocenters. The summed E-state index contributed by atoms with van der Waals surface area (Å²) in [7, 11) is 0. The summed E-state index contributed by atoms with van der Waals surface area (Å²) in [5.41, 5.74) is 0.879. The highest BCUT2D eigenvalue weighted by molar-refractivity contribution is 7.22. The topological polar surface area (TPSA) is 158 Å². The highest BCUT2D eigenvalue weighted by Crippen LogP contribution is 2.38. The van der Waals surface area contributed by atoms with E-state index in [2.05, 4.69) is 15.3 Å². The maximum absolute atomic E-state index is 13.4. The number of hydrogen-bond acceptors (Lipinski definition) is 10. The van der Waals surface area contributed by atoms with Gasteiger partial charge in [-0.05, 0) is 24.3 Å². The number of ketones is 2. The van der Waals surface area contributed by atoms with E-state index in [-0.39, 0.29) is 21.9 Å². The molecule has 0 aliphatic carbocycles. The number of nitro benzene ring substituents is 1. The number of nitro groups is 1. The molecule has 2 aromatic heterocycles. The third kappa shape index (κ3) is 4.09. The van der Waals surface area contributed by atoms with Gasteiger partial charge in [-0.1, -0.05) is 29.5 Å². The van der Waals surface area contributed by atoms with Crippen molar-refractivity contribution in [3.8, 4) is 0 Å². The van der Waals surface area contributed by atoms with Crippen molar-refractivity contribution in [1.82, 2.24) is 9.97 Å². The Bertz CT molecular complexity index is 1570. The van der Waals surface area contributed by atoms with Gasteiger partial charge in [0.25, 0.3) is 11.6 Å². The number of esters is 1. The van der Waals surface area contributed by atoms with Gasteiger partial charge in [0, 0.05) is 35.7 Å². The summed E-state index contributed by atoms with van der Waals surface area (Å²) in [4.78, 5) is 70.6. The van der Waals surface area contributed by atoms with Gasteiger partial charge in [0.05, 0.1) is 20.7 Å². The number of rotatable bonds is 7. The lowest BCUT2D eigenvalue weighted by Gasteiger charge is -2.20. The van der Waals surface area contributed by atoms with Gasteiger partial charge in [-0.25, -0.2) is 9.78 Å². The van der Waals surface area contributed by atoms with Crippen LogP contribution in [-0.2, 0) is 14.3 Å². The summed E-state index contributed by atoms with van der Waals surface area (Å²) in [6.45, 7) is 0. The molecule has 5 rings (SSSR count). The zero-order valence-corrected chi connectivity index (χ0v) is 18.9. The number of amides is 1. The van der Waals surface area contributed by atoms with Crippen molar-refractivity contribution in [2.45, 2.75) is 6.10 Å². The molecule has 0 fully saturated rings. The number of benzene rings is 2. The van der Waals surface area contributed by atoms with Gasteiger partial charge >= 0.3 is 5.97 Å². The highest BCUT2D eigenvalue weighted by atomic mass is 32.1. The number of anilines is 1. The number of pyridine rings is 1. The highest BCUT2D eigenvalue weighted by Gasteiger charge is 2.46. The second kappa shape index (κ2) is 9.07. The molecule has 0 radical (unpaired) electrons. The molecule has 1 amide bonds. The Balaban J connectivity index is 1.47. The number of hydrogen-bond donors (Lipinski definition) is 1. The van der Waals surface area contributed by atoms with E-state index < -0.39 is 40.4 Å². The van der Waals surface area contributed by atoms with Gasteiger partial charge in [0.2, 0.25) is 5.78 Å². The van der Waals surface area contributed by atoms with Crippen molar-refractivity contribution >= 4 is 55.8 Å². The van der Waals surface area contributed by atoms with Crippen LogP contribution in [0.4, 0.5) is 10.8 Å². The molecule has 4 aromatic rings. The van der Waals surface area contributed by atoms with Gasteiger partial charge in [-0.3, -0.25) is 34.8 Å². The number of non-ortho nitro benzene ring substituents is 1. The van der Waals surface area contributed by atoms with Crippen LogP contribution in [-0.4, -0.2) is 38.3 Å². The molecule has 0 bridgehead atoms. The Kier molecular flexibility index (Phi) is 5.78. The number of nitrogens with zero attached hydrogens (tertiary/aromatic N) is 3. The molecule has 3 heterocycles. The van der Waals surface area contributed by atoms with Crippen molar-refractivity contribution in [3.63, 3.8) is 0 Å². The zero-order valence-electron chi connectivity index (χ0n) is 18.1. The number of thiazole rings is 1. The largest absolute Gasteiger partial charge is 0.453 e. The Hall–Kier alpha value is -4.84. The van der Waals surface area contributed by atoms with Crippen LogP contribution >= 0.6 is 11.3 Å². The molecule has 178 valence electrons. The number of aromatic nitrogens is 2. The van der Waals surface area contributed by atoms with Crippen LogP contribution in [0.2, 0.25) is 0 Å². The summed E-state index contributed by atoms with van der Waals surface area (Å²) < 4.78 is 5.81. The standard InChI is InChI=1S/C24H14N4O7S/c29-19(12-7-9-25-10-8-12)18(21-14-3-1-2-4-15(14)23(32)35-21)20(30)22(31)27-24-26-16-6-5-13(28(33)34)11-17(16)36-24/h1-11,18,21H,(H,26,27,31)/t18-,21+/m0/s1. The minimum atomic E-state index is -1.66. The maximum atomic E-state index is 13.4. The molecule has 1 aliphatic rings. The first-order valence-electron chi connectivity index (χ1n) is 10.5. The van der Waals surface area contributed by atoms with Crippen LogP contribution in [0, 0.1) is 16.0 Å². The second-order valence-electron chi connectivity index (χ2n) is 7.74. The molecule has 0 spiro atoms. The molecule has 11 nitrogen and oxygen atoms in total. The van der Waals surface area contributed by atoms with E-state index in [0.717, 1.165) is 11.3 Å². The second-order valence-corrected chi connectivity index (χ2v) is 8.77. The first kappa shape index (κ1) is 22.9. The van der Waals surface area contributed by atoms with Crippen molar-refractivity contribution in [3.05, 3.63) is 93.8 Å². The summed E-state index contributed by atoms with van der Waals surface area (Å²) >= 11 is 0.934. The molecule has 0 unspecified atom stereocenters. The minimum absolute atomic E-state index is 0.0165. The van der Waals surface area contributed by atoms with E-state index in [1.807, 2.05) is 0 Å². The number of fused-ring (bicyclic) bond motifs is 2.